The van der Waals surface area contributed by atoms with Crippen LogP contribution in [0.3, 0.4) is 0 Å². The van der Waals surface area contributed by atoms with Crippen LogP contribution in [0.1, 0.15) is 104 Å². The lowest BCUT2D eigenvalue weighted by atomic mass is 9.78. The molecule has 21 nitrogen and oxygen atoms in total. The molecule has 2 saturated heterocycles. The number of carbonyl (C=O) groups is 2. The second kappa shape index (κ2) is 17.6. The Labute approximate surface area is 391 Å². The Balaban J connectivity index is 0.000000163. The highest BCUT2D eigenvalue weighted by Crippen LogP contribution is 2.38. The van der Waals surface area contributed by atoms with Crippen molar-refractivity contribution in [2.75, 3.05) is 41.7 Å². The highest BCUT2D eigenvalue weighted by molar-refractivity contribution is 6.03. The van der Waals surface area contributed by atoms with Crippen LogP contribution >= 0.6 is 0 Å². The first-order valence-electron chi connectivity index (χ1n) is 23.2. The number of amides is 2. The second-order valence-electron chi connectivity index (χ2n) is 19.9. The summed E-state index contributed by atoms with van der Waals surface area (Å²) in [6.07, 6.45) is 14.9. The monoisotopic (exact) mass is 921 g/mol. The Hall–Kier alpha value is -7.47. The van der Waals surface area contributed by atoms with Gasteiger partial charge in [-0.1, -0.05) is 27.7 Å². The number of aromatic nitrogens is 10. The van der Waals surface area contributed by atoms with E-state index in [1.807, 2.05) is 36.7 Å². The Morgan fingerprint density at radius 1 is 0.750 bits per heavy atom. The van der Waals surface area contributed by atoms with Crippen molar-refractivity contribution in [1.82, 2.24) is 55.1 Å². The molecule has 4 aliphatic rings. The van der Waals surface area contributed by atoms with E-state index in [0.29, 0.717) is 70.0 Å². The number of nitriles is 1. The van der Waals surface area contributed by atoms with Crippen LogP contribution < -0.4 is 32.3 Å². The molecule has 0 radical (unpaired) electrons. The van der Waals surface area contributed by atoms with E-state index in [1.54, 1.807) is 15.1 Å². The molecule has 7 N–H and O–H groups in total. The van der Waals surface area contributed by atoms with Crippen molar-refractivity contribution in [3.8, 4) is 29.0 Å². The highest BCUT2D eigenvalue weighted by Gasteiger charge is 2.38. The van der Waals surface area contributed by atoms with Crippen LogP contribution in [-0.4, -0.2) is 99.9 Å². The zero-order chi connectivity index (χ0) is 47.3. The summed E-state index contributed by atoms with van der Waals surface area (Å²) in [5, 5.41) is 53.5. The molecule has 9 heterocycles. The lowest BCUT2D eigenvalue weighted by Gasteiger charge is -2.45. The smallest absolute Gasteiger partial charge is 0.252 e. The van der Waals surface area contributed by atoms with Gasteiger partial charge in [-0.25, -0.2) is 9.03 Å². The van der Waals surface area contributed by atoms with E-state index in [2.05, 4.69) is 89.3 Å². The molecule has 11 rings (SSSR count). The molecule has 0 aromatic carbocycles. The molecule has 21 heteroatoms. The van der Waals surface area contributed by atoms with Crippen molar-refractivity contribution in [3.05, 3.63) is 77.7 Å². The van der Waals surface area contributed by atoms with Crippen molar-refractivity contribution >= 4 is 40.0 Å². The van der Waals surface area contributed by atoms with Crippen molar-refractivity contribution in [2.24, 2.45) is 34.1 Å². The molecule has 2 atom stereocenters. The van der Waals surface area contributed by atoms with E-state index in [0.717, 1.165) is 67.8 Å². The Morgan fingerprint density at radius 3 is 1.75 bits per heavy atom. The van der Waals surface area contributed by atoms with Crippen molar-refractivity contribution in [2.45, 2.75) is 91.1 Å². The van der Waals surface area contributed by atoms with Gasteiger partial charge in [0.1, 0.15) is 6.07 Å². The lowest BCUT2D eigenvalue weighted by Crippen LogP contribution is -2.52. The molecule has 68 heavy (non-hydrogen) atoms. The predicted octanol–water partition coefficient (Wildman–Crippen LogP) is 5.05. The third kappa shape index (κ3) is 9.27. The zero-order valence-corrected chi connectivity index (χ0v) is 38.6. The van der Waals surface area contributed by atoms with Gasteiger partial charge < -0.3 is 41.2 Å². The van der Waals surface area contributed by atoms with Crippen molar-refractivity contribution in [1.29, 1.82) is 5.26 Å². The first-order chi connectivity index (χ1) is 32.7. The molecule has 7 aromatic rings. The van der Waals surface area contributed by atoms with Crippen molar-refractivity contribution in [3.63, 3.8) is 0 Å². The number of hydrogen-bond donors (Lipinski definition) is 5. The zero-order valence-electron chi connectivity index (χ0n) is 38.6. The third-order valence-electron chi connectivity index (χ3n) is 13.6. The summed E-state index contributed by atoms with van der Waals surface area (Å²) in [5.74, 6) is 3.19. The Kier molecular flexibility index (Phi) is 11.5. The normalized spacial score (nSPS) is 19.8. The maximum absolute atomic E-state index is 12.4. The van der Waals surface area contributed by atoms with Crippen LogP contribution in [0.25, 0.3) is 33.9 Å². The summed E-state index contributed by atoms with van der Waals surface area (Å²) in [4.78, 5) is 26.7. The molecular weight excluding hydrogens is 867 g/mol. The number of piperidine rings is 2. The number of nitrogens with zero attached hydrogens (tertiary/aromatic N) is 12. The summed E-state index contributed by atoms with van der Waals surface area (Å²) in [6, 6.07) is 9.53. The molecule has 0 bridgehead atoms. The van der Waals surface area contributed by atoms with E-state index in [4.69, 9.17) is 25.6 Å². The number of hydrogen-bond acceptors (Lipinski definition) is 17. The highest BCUT2D eigenvalue weighted by atomic mass is 16.4. The van der Waals surface area contributed by atoms with Gasteiger partial charge in [-0.2, -0.15) is 15.5 Å². The fourth-order valence-electron chi connectivity index (χ4n) is 9.23. The average molecular weight is 922 g/mol. The van der Waals surface area contributed by atoms with Crippen LogP contribution in [-0.2, 0) is 12.8 Å². The molecule has 352 valence electrons. The molecule has 0 spiro atoms. The first-order valence-corrected chi connectivity index (χ1v) is 23.2. The van der Waals surface area contributed by atoms with Crippen molar-refractivity contribution < 1.29 is 18.4 Å². The molecular formula is C47H55N17O4. The van der Waals surface area contributed by atoms with Crippen LogP contribution in [0.4, 0.5) is 17.2 Å². The number of carbonyl (C=O) groups excluding carboxylic acids is 2. The number of anilines is 3. The summed E-state index contributed by atoms with van der Waals surface area (Å²) in [7, 11) is 0. The maximum Gasteiger partial charge on any atom is 0.252 e. The second-order valence-corrected chi connectivity index (χ2v) is 19.9. The Morgan fingerprint density at radius 2 is 1.29 bits per heavy atom. The van der Waals surface area contributed by atoms with Gasteiger partial charge in [0.05, 0.1) is 57.1 Å². The maximum atomic E-state index is 12.4. The number of nitrogens with two attached hydrogens (primary N) is 2. The number of rotatable bonds is 13. The SMILES string of the molecule is CC1(C)CN(c2ccc(C#N)nn2)CC[C@H]1Nc1c(C(N)=O)cnn2cc(-c3nnc(CC4CC4)o3)cc12.CC1(C)CNCC[C@H]1Nc1c(C(N)=O)cnn2cc(-c3nnc(CC4CC4)o3)cc12. The van der Waals surface area contributed by atoms with Gasteiger partial charge in [0.25, 0.3) is 11.8 Å². The quantitative estimate of drug-likeness (QED) is 0.101. The lowest BCUT2D eigenvalue weighted by molar-refractivity contribution is 0.0992. The van der Waals surface area contributed by atoms with Gasteiger partial charge in [-0.3, -0.25) is 9.59 Å². The van der Waals surface area contributed by atoms with Crippen LogP contribution in [0.15, 0.2) is 57.9 Å². The average Bonchev–Trinajstić information content (AvgIpc) is 4.03. The summed E-state index contributed by atoms with van der Waals surface area (Å²) >= 11 is 0. The van der Waals surface area contributed by atoms with E-state index in [9.17, 15) is 9.59 Å². The topological polar surface area (TPSA) is 288 Å². The fourth-order valence-corrected chi connectivity index (χ4v) is 9.23. The standard InChI is InChI=1S/C26H28N10O2.C21H27N7O2/c1-26(2)14-35(21-6-5-17(11-27)31-32-21)8-7-20(26)30-23-18(24(28)37)12-29-36-13-16(10-19(23)36)25-34-33-22(38-25)9-15-3-4-15;1-21(2)11-23-6-5-16(21)25-18-14(19(22)29)9-24-28-10-13(8-15(18)28)20-27-26-17(30-20)7-12-3-4-12/h5-6,10,12-13,15,20,30H,3-4,7-9,14H2,1-2H3,(H2,28,37);8-10,12,16,23,25H,3-7,11H2,1-2H3,(H2,22,29)/t20-;16-/m11/s1. The minimum absolute atomic E-state index is 0.0209. The summed E-state index contributed by atoms with van der Waals surface area (Å²) < 4.78 is 15.2. The molecule has 2 aliphatic carbocycles. The third-order valence-corrected chi connectivity index (χ3v) is 13.6. The molecule has 4 fully saturated rings. The van der Waals surface area contributed by atoms with E-state index in [-0.39, 0.29) is 28.6 Å². The minimum atomic E-state index is -0.558. The van der Waals surface area contributed by atoms with Crippen LogP contribution in [0, 0.1) is 34.0 Å². The van der Waals surface area contributed by atoms with E-state index < -0.39 is 11.8 Å². The Bertz CT molecular complexity index is 3040. The molecule has 2 aliphatic heterocycles. The largest absolute Gasteiger partial charge is 0.421 e. The van der Waals surface area contributed by atoms with Gasteiger partial charge >= 0.3 is 0 Å². The summed E-state index contributed by atoms with van der Waals surface area (Å²) in [6.45, 7) is 12.0. The van der Waals surface area contributed by atoms with Crippen LogP contribution in [0.2, 0.25) is 0 Å². The van der Waals surface area contributed by atoms with E-state index >= 15 is 0 Å². The van der Waals surface area contributed by atoms with Gasteiger partial charge in [-0.05, 0) is 86.6 Å². The van der Waals surface area contributed by atoms with Gasteiger partial charge in [0.2, 0.25) is 23.6 Å². The number of primary amides is 2. The van der Waals surface area contributed by atoms with Gasteiger partial charge in [-0.15, -0.1) is 30.6 Å². The minimum Gasteiger partial charge on any atom is -0.421 e. The fraction of sp³-hybridized carbons (Fsp3) is 0.468. The molecule has 0 unspecified atom stereocenters. The molecule has 2 amide bonds. The summed E-state index contributed by atoms with van der Waals surface area (Å²) in [5.41, 5.74) is 16.5. The van der Waals surface area contributed by atoms with Gasteiger partial charge in [0, 0.05) is 62.4 Å². The van der Waals surface area contributed by atoms with Gasteiger partial charge in [0.15, 0.2) is 11.5 Å². The number of fused-ring (bicyclic) bond motifs is 2. The predicted molar refractivity (Wildman–Crippen MR) is 250 cm³/mol. The molecule has 2 saturated carbocycles. The van der Waals surface area contributed by atoms with Crippen LogP contribution in [0.5, 0.6) is 0 Å². The first kappa shape index (κ1) is 44.4. The number of nitrogens with one attached hydrogen (secondary N) is 3. The van der Waals surface area contributed by atoms with E-state index in [1.165, 1.54) is 38.1 Å². The molecule has 7 aromatic heterocycles.